The summed E-state index contributed by atoms with van der Waals surface area (Å²) >= 11 is 0. The lowest BCUT2D eigenvalue weighted by molar-refractivity contribution is -0.384. The number of benzene rings is 1. The van der Waals surface area contributed by atoms with Gasteiger partial charge < -0.3 is 4.74 Å². The fraction of sp³-hybridized carbons (Fsp3) is 0.500. The number of nitro groups is 1. The Morgan fingerprint density at radius 2 is 1.86 bits per heavy atom. The average molecular weight is 307 g/mol. The SMILES string of the molecule is CCCC(CCc1ccc([N+](=O)[O-])cc1)C(=O)CC(=O)OC. The van der Waals surface area contributed by atoms with Crippen LogP contribution in [0, 0.1) is 16.0 Å². The summed E-state index contributed by atoms with van der Waals surface area (Å²) in [4.78, 5) is 33.4. The largest absolute Gasteiger partial charge is 0.469 e. The average Bonchev–Trinajstić information content (AvgIpc) is 2.51. The standard InChI is InChI=1S/C16H21NO5/c1-3-4-13(15(18)11-16(19)22-2)8-5-12-6-9-14(10-7-12)17(20)21/h6-7,9-10,13H,3-5,8,11H2,1-2H3. The Labute approximate surface area is 129 Å². The second-order valence-corrected chi connectivity index (χ2v) is 5.17. The first kappa shape index (κ1) is 17.8. The van der Waals surface area contributed by atoms with Crippen LogP contribution in [0.25, 0.3) is 0 Å². The highest BCUT2D eigenvalue weighted by Crippen LogP contribution is 2.19. The third-order valence-corrected chi connectivity index (χ3v) is 3.57. The quantitative estimate of drug-likeness (QED) is 0.303. The Morgan fingerprint density at radius 1 is 1.23 bits per heavy atom. The molecule has 0 amide bonds. The van der Waals surface area contributed by atoms with Crippen LogP contribution in [-0.4, -0.2) is 23.8 Å². The molecule has 0 heterocycles. The zero-order chi connectivity index (χ0) is 16.5. The van der Waals surface area contributed by atoms with Gasteiger partial charge in [0.2, 0.25) is 0 Å². The van der Waals surface area contributed by atoms with Crippen molar-refractivity contribution in [2.45, 2.75) is 39.0 Å². The van der Waals surface area contributed by atoms with Gasteiger partial charge in [0, 0.05) is 18.1 Å². The molecular weight excluding hydrogens is 286 g/mol. The molecule has 0 aromatic heterocycles. The highest BCUT2D eigenvalue weighted by atomic mass is 16.6. The Hall–Kier alpha value is -2.24. The number of hydrogen-bond acceptors (Lipinski definition) is 5. The summed E-state index contributed by atoms with van der Waals surface area (Å²) in [6.45, 7) is 1.99. The van der Waals surface area contributed by atoms with Gasteiger partial charge in [-0.05, 0) is 24.8 Å². The molecule has 1 atom stereocenters. The Kier molecular flexibility index (Phi) is 7.22. The maximum absolute atomic E-state index is 12.1. The zero-order valence-corrected chi connectivity index (χ0v) is 12.9. The van der Waals surface area contributed by atoms with E-state index in [1.807, 2.05) is 6.92 Å². The molecule has 0 fully saturated rings. The molecule has 1 rings (SSSR count). The first-order valence-electron chi connectivity index (χ1n) is 7.30. The minimum Gasteiger partial charge on any atom is -0.469 e. The number of rotatable bonds is 9. The van der Waals surface area contributed by atoms with Gasteiger partial charge in [0.1, 0.15) is 12.2 Å². The molecule has 0 radical (unpaired) electrons. The van der Waals surface area contributed by atoms with Gasteiger partial charge in [-0.3, -0.25) is 19.7 Å². The van der Waals surface area contributed by atoms with E-state index in [0.717, 1.165) is 18.4 Å². The number of nitro benzene ring substituents is 1. The topological polar surface area (TPSA) is 86.5 Å². The van der Waals surface area contributed by atoms with Gasteiger partial charge in [0.05, 0.1) is 12.0 Å². The Morgan fingerprint density at radius 3 is 2.36 bits per heavy atom. The van der Waals surface area contributed by atoms with E-state index in [0.29, 0.717) is 12.8 Å². The molecule has 1 unspecified atom stereocenters. The van der Waals surface area contributed by atoms with Crippen molar-refractivity contribution in [1.82, 2.24) is 0 Å². The van der Waals surface area contributed by atoms with Crippen molar-refractivity contribution in [2.75, 3.05) is 7.11 Å². The number of esters is 1. The fourth-order valence-corrected chi connectivity index (χ4v) is 2.30. The van der Waals surface area contributed by atoms with Crippen molar-refractivity contribution < 1.29 is 19.2 Å². The summed E-state index contributed by atoms with van der Waals surface area (Å²) in [5, 5.41) is 10.6. The van der Waals surface area contributed by atoms with Crippen molar-refractivity contribution in [2.24, 2.45) is 5.92 Å². The monoisotopic (exact) mass is 307 g/mol. The van der Waals surface area contributed by atoms with E-state index in [-0.39, 0.29) is 23.8 Å². The van der Waals surface area contributed by atoms with E-state index in [1.54, 1.807) is 12.1 Å². The molecule has 120 valence electrons. The van der Waals surface area contributed by atoms with E-state index in [1.165, 1.54) is 19.2 Å². The van der Waals surface area contributed by atoms with Crippen LogP contribution in [0.2, 0.25) is 0 Å². The van der Waals surface area contributed by atoms with Gasteiger partial charge in [-0.25, -0.2) is 0 Å². The molecule has 0 aliphatic rings. The van der Waals surface area contributed by atoms with Crippen molar-refractivity contribution in [3.63, 3.8) is 0 Å². The summed E-state index contributed by atoms with van der Waals surface area (Å²) in [5.74, 6) is -0.795. The van der Waals surface area contributed by atoms with Gasteiger partial charge in [0.25, 0.3) is 5.69 Å². The molecule has 22 heavy (non-hydrogen) atoms. The van der Waals surface area contributed by atoms with Crippen LogP contribution < -0.4 is 0 Å². The Bertz CT molecular complexity index is 524. The third-order valence-electron chi connectivity index (χ3n) is 3.57. The van der Waals surface area contributed by atoms with Crippen LogP contribution in [0.5, 0.6) is 0 Å². The van der Waals surface area contributed by atoms with Crippen LogP contribution in [0.4, 0.5) is 5.69 Å². The fourth-order valence-electron chi connectivity index (χ4n) is 2.30. The van der Waals surface area contributed by atoms with E-state index in [9.17, 15) is 19.7 Å². The van der Waals surface area contributed by atoms with Crippen LogP contribution >= 0.6 is 0 Å². The molecule has 1 aromatic rings. The maximum atomic E-state index is 12.1. The summed E-state index contributed by atoms with van der Waals surface area (Å²) in [6.07, 6.45) is 2.67. The van der Waals surface area contributed by atoms with Crippen LogP contribution in [-0.2, 0) is 20.7 Å². The number of hydrogen-bond donors (Lipinski definition) is 0. The minimum absolute atomic E-state index is 0.0515. The van der Waals surface area contributed by atoms with E-state index in [2.05, 4.69) is 4.74 Å². The number of ether oxygens (including phenoxy) is 1. The number of carbonyl (C=O) groups is 2. The summed E-state index contributed by atoms with van der Waals surface area (Å²) in [5.41, 5.74) is 0.994. The normalized spacial score (nSPS) is 11.7. The highest BCUT2D eigenvalue weighted by Gasteiger charge is 2.20. The number of carbonyl (C=O) groups excluding carboxylic acids is 2. The molecule has 0 aliphatic heterocycles. The molecule has 0 spiro atoms. The summed E-state index contributed by atoms with van der Waals surface area (Å²) < 4.78 is 4.52. The van der Waals surface area contributed by atoms with Crippen LogP contribution in [0.15, 0.2) is 24.3 Å². The zero-order valence-electron chi connectivity index (χ0n) is 12.9. The predicted octanol–water partition coefficient (Wildman–Crippen LogP) is 3.08. The van der Waals surface area contributed by atoms with Gasteiger partial charge in [-0.15, -0.1) is 0 Å². The number of aryl methyl sites for hydroxylation is 1. The number of methoxy groups -OCH3 is 1. The van der Waals surface area contributed by atoms with E-state index >= 15 is 0 Å². The lowest BCUT2D eigenvalue weighted by atomic mass is 9.90. The molecule has 0 bridgehead atoms. The third kappa shape index (κ3) is 5.63. The molecule has 0 saturated heterocycles. The van der Waals surface area contributed by atoms with Crippen molar-refractivity contribution in [1.29, 1.82) is 0 Å². The predicted molar refractivity (Wildman–Crippen MR) is 81.5 cm³/mol. The smallest absolute Gasteiger partial charge is 0.313 e. The molecule has 0 aliphatic carbocycles. The van der Waals surface area contributed by atoms with Gasteiger partial charge in [-0.2, -0.15) is 0 Å². The Balaban J connectivity index is 2.61. The molecular formula is C16H21NO5. The molecule has 1 aromatic carbocycles. The first-order chi connectivity index (χ1) is 10.5. The number of Topliss-reactive ketones (excluding diaryl/α,β-unsaturated/α-hetero) is 1. The van der Waals surface area contributed by atoms with E-state index in [4.69, 9.17) is 0 Å². The first-order valence-corrected chi connectivity index (χ1v) is 7.30. The number of nitrogens with zero attached hydrogens (tertiary/aromatic N) is 1. The summed E-state index contributed by atoms with van der Waals surface area (Å²) in [6, 6.07) is 6.32. The van der Waals surface area contributed by atoms with Crippen LogP contribution in [0.3, 0.4) is 0 Å². The van der Waals surface area contributed by atoms with Crippen molar-refractivity contribution in [3.05, 3.63) is 39.9 Å². The van der Waals surface area contributed by atoms with Gasteiger partial charge >= 0.3 is 5.97 Å². The lowest BCUT2D eigenvalue weighted by Crippen LogP contribution is -2.19. The number of non-ortho nitro benzene ring substituents is 1. The summed E-state index contributed by atoms with van der Waals surface area (Å²) in [7, 11) is 1.27. The second kappa shape index (κ2) is 8.92. The molecule has 0 saturated carbocycles. The minimum atomic E-state index is -0.513. The highest BCUT2D eigenvalue weighted by molar-refractivity contribution is 5.96. The number of ketones is 1. The maximum Gasteiger partial charge on any atom is 0.313 e. The molecule has 0 N–H and O–H groups in total. The van der Waals surface area contributed by atoms with Crippen molar-refractivity contribution in [3.8, 4) is 0 Å². The van der Waals surface area contributed by atoms with Crippen molar-refractivity contribution >= 4 is 17.4 Å². The lowest BCUT2D eigenvalue weighted by Gasteiger charge is -2.14. The van der Waals surface area contributed by atoms with Gasteiger partial charge in [0.15, 0.2) is 0 Å². The second-order valence-electron chi connectivity index (χ2n) is 5.17. The van der Waals surface area contributed by atoms with E-state index < -0.39 is 10.9 Å². The van der Waals surface area contributed by atoms with Crippen LogP contribution in [0.1, 0.15) is 38.2 Å². The molecule has 6 nitrogen and oxygen atoms in total. The molecule has 6 heteroatoms. The van der Waals surface area contributed by atoms with Gasteiger partial charge in [-0.1, -0.05) is 25.5 Å².